The van der Waals surface area contributed by atoms with Crippen molar-refractivity contribution < 1.29 is 14.3 Å². The quantitative estimate of drug-likeness (QED) is 0.651. The van der Waals surface area contributed by atoms with Crippen LogP contribution in [-0.2, 0) is 14.3 Å². The Hall–Kier alpha value is -1.36. The lowest BCUT2D eigenvalue weighted by atomic mass is 10.2. The van der Waals surface area contributed by atoms with Gasteiger partial charge in [0.25, 0.3) is 0 Å². The molecule has 0 fully saturated rings. The lowest BCUT2D eigenvalue weighted by molar-refractivity contribution is -0.145. The van der Waals surface area contributed by atoms with Crippen molar-refractivity contribution in [2.75, 3.05) is 20.8 Å². The van der Waals surface area contributed by atoms with Gasteiger partial charge in [0.05, 0.1) is 7.11 Å². The first kappa shape index (κ1) is 10.7. The Morgan fingerprint density at radius 1 is 1.57 bits per heavy atom. The molecule has 1 aromatic heterocycles. The smallest absolute Gasteiger partial charge is 0.330 e. The minimum atomic E-state index is -0.394. The molecule has 0 aliphatic heterocycles. The maximum absolute atomic E-state index is 11.4. The number of carbonyl (C=O) groups excluding carboxylic acids is 1. The number of nitrogens with zero attached hydrogens (tertiary/aromatic N) is 2. The summed E-state index contributed by atoms with van der Waals surface area (Å²) in [5.74, 6) is -0.300. The number of aromatic nitrogens is 2. The van der Waals surface area contributed by atoms with Crippen molar-refractivity contribution in [3.8, 4) is 0 Å². The summed E-state index contributed by atoms with van der Waals surface area (Å²) in [5, 5.41) is 4.00. The van der Waals surface area contributed by atoms with Crippen molar-refractivity contribution in [1.82, 2.24) is 9.78 Å². The average molecular weight is 198 g/mol. The van der Waals surface area contributed by atoms with E-state index in [0.717, 1.165) is 0 Å². The van der Waals surface area contributed by atoms with Gasteiger partial charge in [0, 0.05) is 32.5 Å². The zero-order valence-corrected chi connectivity index (χ0v) is 8.34. The van der Waals surface area contributed by atoms with Crippen LogP contribution in [-0.4, -0.2) is 36.6 Å². The third-order valence-corrected chi connectivity index (χ3v) is 1.91. The molecule has 1 aromatic rings. The van der Waals surface area contributed by atoms with E-state index < -0.39 is 6.04 Å². The average Bonchev–Trinajstić information content (AvgIpc) is 2.71. The predicted molar refractivity (Wildman–Crippen MR) is 49.8 cm³/mol. The molecule has 0 N–H and O–H groups in total. The number of hydrogen-bond acceptors (Lipinski definition) is 4. The van der Waals surface area contributed by atoms with Gasteiger partial charge in [-0.1, -0.05) is 0 Å². The molecule has 5 nitrogen and oxygen atoms in total. The lowest BCUT2D eigenvalue weighted by Crippen LogP contribution is -2.22. The second kappa shape index (κ2) is 5.39. The maximum atomic E-state index is 11.4. The fourth-order valence-corrected chi connectivity index (χ4v) is 1.19. The summed E-state index contributed by atoms with van der Waals surface area (Å²) in [6.07, 6.45) is 3.92. The molecular weight excluding hydrogens is 184 g/mol. The van der Waals surface area contributed by atoms with Crippen LogP contribution in [0.5, 0.6) is 0 Å². The van der Waals surface area contributed by atoms with E-state index in [4.69, 9.17) is 4.74 Å². The molecule has 78 valence electrons. The first-order valence-electron chi connectivity index (χ1n) is 4.35. The molecule has 0 spiro atoms. The summed E-state index contributed by atoms with van der Waals surface area (Å²) in [4.78, 5) is 11.4. The van der Waals surface area contributed by atoms with E-state index in [1.165, 1.54) is 7.11 Å². The third kappa shape index (κ3) is 2.56. The molecule has 0 saturated heterocycles. The Kier molecular flexibility index (Phi) is 4.12. The van der Waals surface area contributed by atoms with Crippen LogP contribution in [0.25, 0.3) is 0 Å². The molecule has 1 rings (SSSR count). The van der Waals surface area contributed by atoms with Crippen LogP contribution in [0, 0.1) is 0 Å². The third-order valence-electron chi connectivity index (χ3n) is 1.91. The Morgan fingerprint density at radius 3 is 2.86 bits per heavy atom. The molecule has 0 amide bonds. The second-order valence-corrected chi connectivity index (χ2v) is 2.81. The number of methoxy groups -OCH3 is 2. The van der Waals surface area contributed by atoms with Crippen LogP contribution in [0.3, 0.4) is 0 Å². The lowest BCUT2D eigenvalue weighted by Gasteiger charge is -2.14. The van der Waals surface area contributed by atoms with Crippen LogP contribution in [0.15, 0.2) is 18.5 Å². The van der Waals surface area contributed by atoms with E-state index in [0.29, 0.717) is 13.0 Å². The molecule has 0 bridgehead atoms. The summed E-state index contributed by atoms with van der Waals surface area (Å²) in [6, 6.07) is 1.37. The van der Waals surface area contributed by atoms with Gasteiger partial charge in [0.1, 0.15) is 0 Å². The number of hydrogen-bond donors (Lipinski definition) is 0. The van der Waals surface area contributed by atoms with E-state index in [1.54, 1.807) is 30.3 Å². The van der Waals surface area contributed by atoms with Crippen molar-refractivity contribution in [2.24, 2.45) is 0 Å². The van der Waals surface area contributed by atoms with Crippen LogP contribution >= 0.6 is 0 Å². The Labute approximate surface area is 82.6 Å². The Balaban J connectivity index is 2.67. The van der Waals surface area contributed by atoms with Gasteiger partial charge in [-0.2, -0.15) is 5.10 Å². The summed E-state index contributed by atoms with van der Waals surface area (Å²) in [5.41, 5.74) is 0. The van der Waals surface area contributed by atoms with Crippen LogP contribution in [0.4, 0.5) is 0 Å². The summed E-state index contributed by atoms with van der Waals surface area (Å²) in [6.45, 7) is 0.500. The first-order chi connectivity index (χ1) is 6.79. The summed E-state index contributed by atoms with van der Waals surface area (Å²) < 4.78 is 11.2. The highest BCUT2D eigenvalue weighted by atomic mass is 16.5. The standard InChI is InChI=1S/C9H14N2O3/c1-13-7-4-8(9(12)14-2)11-6-3-5-10-11/h3,5-6,8H,4,7H2,1-2H3. The van der Waals surface area contributed by atoms with E-state index in [2.05, 4.69) is 9.84 Å². The minimum Gasteiger partial charge on any atom is -0.467 e. The number of rotatable bonds is 5. The fourth-order valence-electron chi connectivity index (χ4n) is 1.19. The molecule has 0 aliphatic carbocycles. The Bertz CT molecular complexity index is 272. The van der Waals surface area contributed by atoms with Gasteiger partial charge in [-0.25, -0.2) is 4.79 Å². The van der Waals surface area contributed by atoms with Crippen molar-refractivity contribution in [2.45, 2.75) is 12.5 Å². The number of carbonyl (C=O) groups is 1. The maximum Gasteiger partial charge on any atom is 0.330 e. The fraction of sp³-hybridized carbons (Fsp3) is 0.556. The second-order valence-electron chi connectivity index (χ2n) is 2.81. The molecule has 1 heterocycles. The van der Waals surface area contributed by atoms with Gasteiger partial charge in [0.15, 0.2) is 6.04 Å². The normalized spacial score (nSPS) is 12.4. The van der Waals surface area contributed by atoms with E-state index in [-0.39, 0.29) is 5.97 Å². The number of ether oxygens (including phenoxy) is 2. The van der Waals surface area contributed by atoms with Gasteiger partial charge in [-0.3, -0.25) is 4.68 Å². The highest BCUT2D eigenvalue weighted by molar-refractivity contribution is 5.73. The van der Waals surface area contributed by atoms with Gasteiger partial charge in [-0.05, 0) is 6.07 Å². The molecule has 0 aromatic carbocycles. The molecule has 1 unspecified atom stereocenters. The highest BCUT2D eigenvalue weighted by Crippen LogP contribution is 2.11. The molecular formula is C9H14N2O3. The topological polar surface area (TPSA) is 53.4 Å². The van der Waals surface area contributed by atoms with Crippen molar-refractivity contribution in [3.05, 3.63) is 18.5 Å². The van der Waals surface area contributed by atoms with Crippen LogP contribution in [0.1, 0.15) is 12.5 Å². The van der Waals surface area contributed by atoms with Gasteiger partial charge >= 0.3 is 5.97 Å². The molecule has 0 saturated carbocycles. The summed E-state index contributed by atoms with van der Waals surface area (Å²) in [7, 11) is 2.96. The molecule has 1 atom stereocenters. The van der Waals surface area contributed by atoms with Gasteiger partial charge < -0.3 is 9.47 Å². The Morgan fingerprint density at radius 2 is 2.36 bits per heavy atom. The number of esters is 1. The van der Waals surface area contributed by atoms with Gasteiger partial charge in [-0.15, -0.1) is 0 Å². The highest BCUT2D eigenvalue weighted by Gasteiger charge is 2.20. The van der Waals surface area contributed by atoms with Crippen molar-refractivity contribution in [3.63, 3.8) is 0 Å². The molecule has 5 heteroatoms. The van der Waals surface area contributed by atoms with E-state index >= 15 is 0 Å². The zero-order valence-electron chi connectivity index (χ0n) is 8.34. The van der Waals surface area contributed by atoms with Crippen LogP contribution < -0.4 is 0 Å². The van der Waals surface area contributed by atoms with Crippen LogP contribution in [0.2, 0.25) is 0 Å². The molecule has 0 radical (unpaired) electrons. The first-order valence-corrected chi connectivity index (χ1v) is 4.35. The summed E-state index contributed by atoms with van der Waals surface area (Å²) >= 11 is 0. The van der Waals surface area contributed by atoms with Gasteiger partial charge in [0.2, 0.25) is 0 Å². The largest absolute Gasteiger partial charge is 0.467 e. The van der Waals surface area contributed by atoms with Crippen molar-refractivity contribution >= 4 is 5.97 Å². The molecule has 0 aliphatic rings. The SMILES string of the molecule is COCCC(C(=O)OC)n1cccn1. The minimum absolute atomic E-state index is 0.300. The van der Waals surface area contributed by atoms with E-state index in [1.807, 2.05) is 0 Å². The zero-order chi connectivity index (χ0) is 10.4. The molecule has 14 heavy (non-hydrogen) atoms. The predicted octanol–water partition coefficient (Wildman–Crippen LogP) is 0.634. The monoisotopic (exact) mass is 198 g/mol. The van der Waals surface area contributed by atoms with E-state index in [9.17, 15) is 4.79 Å². The van der Waals surface area contributed by atoms with Crippen molar-refractivity contribution in [1.29, 1.82) is 0 Å².